The molecular formula is C18H26N6O. The van der Waals surface area contributed by atoms with Crippen molar-refractivity contribution in [3.63, 3.8) is 0 Å². The summed E-state index contributed by atoms with van der Waals surface area (Å²) in [6, 6.07) is 4.05. The van der Waals surface area contributed by atoms with Crippen molar-refractivity contribution in [2.24, 2.45) is 0 Å². The number of carbonyl (C=O) groups excluding carboxylic acids is 1. The lowest BCUT2D eigenvalue weighted by Gasteiger charge is -2.34. The van der Waals surface area contributed by atoms with Gasteiger partial charge >= 0.3 is 6.03 Å². The first-order valence-electron chi connectivity index (χ1n) is 8.82. The maximum Gasteiger partial charge on any atom is 0.317 e. The zero-order valence-electron chi connectivity index (χ0n) is 15.0. The Hall–Kier alpha value is -2.41. The summed E-state index contributed by atoms with van der Waals surface area (Å²) >= 11 is 0. The quantitative estimate of drug-likeness (QED) is 0.897. The minimum absolute atomic E-state index is 0.00230. The highest BCUT2D eigenvalue weighted by Gasteiger charge is 2.21. The molecule has 0 unspecified atom stereocenters. The molecule has 2 amide bonds. The lowest BCUT2D eigenvalue weighted by Crippen LogP contribution is -2.51. The number of pyridine rings is 1. The van der Waals surface area contributed by atoms with E-state index in [0.29, 0.717) is 6.54 Å². The Morgan fingerprint density at radius 2 is 2.08 bits per heavy atom. The topological polar surface area (TPSA) is 66.3 Å². The molecule has 0 bridgehead atoms. The van der Waals surface area contributed by atoms with Crippen LogP contribution in [0.3, 0.4) is 0 Å². The Balaban J connectivity index is 1.45. The molecule has 0 saturated carbocycles. The van der Waals surface area contributed by atoms with Crippen molar-refractivity contribution in [2.45, 2.75) is 33.5 Å². The Kier molecular flexibility index (Phi) is 5.65. The second-order valence-electron chi connectivity index (χ2n) is 6.36. The van der Waals surface area contributed by atoms with E-state index in [1.165, 1.54) is 5.56 Å². The molecule has 1 aliphatic heterocycles. The van der Waals surface area contributed by atoms with Gasteiger partial charge in [0.2, 0.25) is 0 Å². The highest BCUT2D eigenvalue weighted by Crippen LogP contribution is 2.10. The number of hydrogen-bond donors (Lipinski definition) is 1. The number of aromatic nitrogens is 3. The number of nitrogens with zero attached hydrogens (tertiary/aromatic N) is 5. The summed E-state index contributed by atoms with van der Waals surface area (Å²) in [7, 11) is 0. The Labute approximate surface area is 148 Å². The van der Waals surface area contributed by atoms with Crippen LogP contribution in [0.4, 0.5) is 4.79 Å². The van der Waals surface area contributed by atoms with E-state index in [9.17, 15) is 4.79 Å². The summed E-state index contributed by atoms with van der Waals surface area (Å²) in [6.45, 7) is 9.60. The van der Waals surface area contributed by atoms with E-state index in [-0.39, 0.29) is 6.03 Å². The molecule has 7 nitrogen and oxygen atoms in total. The number of amides is 2. The number of rotatable bonds is 5. The number of urea groups is 1. The highest BCUT2D eigenvalue weighted by atomic mass is 16.2. The summed E-state index contributed by atoms with van der Waals surface area (Å²) in [5.41, 5.74) is 3.36. The third-order valence-corrected chi connectivity index (χ3v) is 4.71. The number of aryl methyl sites for hydroxylation is 2. The smallest absolute Gasteiger partial charge is 0.317 e. The van der Waals surface area contributed by atoms with Crippen LogP contribution in [0.2, 0.25) is 0 Å². The van der Waals surface area contributed by atoms with Crippen LogP contribution in [0.15, 0.2) is 30.9 Å². The van der Waals surface area contributed by atoms with Crippen molar-refractivity contribution in [1.29, 1.82) is 0 Å². The van der Waals surface area contributed by atoms with E-state index >= 15 is 0 Å². The standard InChI is InChI=1S/C18H26N6O/c1-3-23-14-19-11-16(23)12-21-18(25)24-9-7-22(8-10-24)13-17-15(2)5-4-6-20-17/h4-6,11,14H,3,7-10,12-13H2,1-2H3,(H,21,25). The molecule has 25 heavy (non-hydrogen) atoms. The average molecular weight is 342 g/mol. The minimum Gasteiger partial charge on any atom is -0.333 e. The van der Waals surface area contributed by atoms with Gasteiger partial charge in [-0.2, -0.15) is 0 Å². The summed E-state index contributed by atoms with van der Waals surface area (Å²) in [6.07, 6.45) is 5.43. The highest BCUT2D eigenvalue weighted by molar-refractivity contribution is 5.74. The van der Waals surface area contributed by atoms with Crippen LogP contribution in [0.1, 0.15) is 23.9 Å². The van der Waals surface area contributed by atoms with Crippen LogP contribution in [0, 0.1) is 6.92 Å². The SMILES string of the molecule is CCn1cncc1CNC(=O)N1CCN(Cc2ncccc2C)CC1. The second kappa shape index (κ2) is 8.11. The first-order valence-corrected chi connectivity index (χ1v) is 8.82. The first-order chi connectivity index (χ1) is 12.2. The van der Waals surface area contributed by atoms with Gasteiger partial charge in [-0.25, -0.2) is 9.78 Å². The van der Waals surface area contributed by atoms with E-state index in [4.69, 9.17) is 0 Å². The normalized spacial score (nSPS) is 15.4. The maximum atomic E-state index is 12.4. The number of nitrogens with one attached hydrogen (secondary N) is 1. The molecule has 0 spiro atoms. The number of imidazole rings is 1. The van der Waals surface area contributed by atoms with Crippen molar-refractivity contribution < 1.29 is 4.79 Å². The van der Waals surface area contributed by atoms with Crippen LogP contribution in [0.5, 0.6) is 0 Å². The molecule has 134 valence electrons. The largest absolute Gasteiger partial charge is 0.333 e. The Morgan fingerprint density at radius 3 is 2.80 bits per heavy atom. The molecule has 3 rings (SSSR count). The summed E-state index contributed by atoms with van der Waals surface area (Å²) in [5.74, 6) is 0. The van der Waals surface area contributed by atoms with Gasteiger partial charge in [0.15, 0.2) is 0 Å². The van der Waals surface area contributed by atoms with Gasteiger partial charge in [0.1, 0.15) is 0 Å². The fourth-order valence-electron chi connectivity index (χ4n) is 3.06. The molecule has 1 N–H and O–H groups in total. The maximum absolute atomic E-state index is 12.4. The predicted octanol–water partition coefficient (Wildman–Crippen LogP) is 1.63. The van der Waals surface area contributed by atoms with E-state index in [1.54, 1.807) is 12.5 Å². The van der Waals surface area contributed by atoms with Crippen molar-refractivity contribution in [2.75, 3.05) is 26.2 Å². The van der Waals surface area contributed by atoms with E-state index in [0.717, 1.165) is 50.7 Å². The van der Waals surface area contributed by atoms with E-state index in [2.05, 4.69) is 40.1 Å². The molecule has 7 heteroatoms. The molecule has 1 fully saturated rings. The van der Waals surface area contributed by atoms with Gasteiger partial charge in [-0.3, -0.25) is 9.88 Å². The van der Waals surface area contributed by atoms with E-state index in [1.807, 2.05) is 21.7 Å². The minimum atomic E-state index is -0.00230. The van der Waals surface area contributed by atoms with Crippen LogP contribution in [-0.4, -0.2) is 56.5 Å². The molecule has 3 heterocycles. The molecule has 0 radical (unpaired) electrons. The summed E-state index contributed by atoms with van der Waals surface area (Å²) < 4.78 is 2.04. The molecule has 1 aliphatic rings. The Bertz CT molecular complexity index is 705. The van der Waals surface area contributed by atoms with Crippen molar-refractivity contribution >= 4 is 6.03 Å². The molecule has 2 aromatic heterocycles. The lowest BCUT2D eigenvalue weighted by atomic mass is 10.2. The first kappa shape index (κ1) is 17.4. The summed E-state index contributed by atoms with van der Waals surface area (Å²) in [5, 5.41) is 3.00. The fraction of sp³-hybridized carbons (Fsp3) is 0.500. The van der Waals surface area contributed by atoms with E-state index < -0.39 is 0 Å². The van der Waals surface area contributed by atoms with Crippen molar-refractivity contribution in [3.05, 3.63) is 47.8 Å². The third kappa shape index (κ3) is 4.36. The zero-order chi connectivity index (χ0) is 17.6. The molecule has 2 aromatic rings. The Morgan fingerprint density at radius 1 is 1.28 bits per heavy atom. The van der Waals surface area contributed by atoms with Gasteiger partial charge in [-0.1, -0.05) is 6.07 Å². The van der Waals surface area contributed by atoms with Crippen LogP contribution >= 0.6 is 0 Å². The van der Waals surface area contributed by atoms with Crippen LogP contribution < -0.4 is 5.32 Å². The van der Waals surface area contributed by atoms with Gasteiger partial charge < -0.3 is 14.8 Å². The number of piperazine rings is 1. The van der Waals surface area contributed by atoms with Gasteiger partial charge in [-0.05, 0) is 25.5 Å². The van der Waals surface area contributed by atoms with Gasteiger partial charge in [-0.15, -0.1) is 0 Å². The molecular weight excluding hydrogens is 316 g/mol. The molecule has 0 aliphatic carbocycles. The monoisotopic (exact) mass is 342 g/mol. The predicted molar refractivity (Wildman–Crippen MR) is 96.0 cm³/mol. The summed E-state index contributed by atoms with van der Waals surface area (Å²) in [4.78, 5) is 25.2. The number of hydrogen-bond acceptors (Lipinski definition) is 4. The van der Waals surface area contributed by atoms with Crippen LogP contribution in [-0.2, 0) is 19.6 Å². The van der Waals surface area contributed by atoms with Gasteiger partial charge in [0.05, 0.1) is 24.3 Å². The second-order valence-corrected chi connectivity index (χ2v) is 6.36. The molecule has 1 saturated heterocycles. The van der Waals surface area contributed by atoms with Crippen LogP contribution in [0.25, 0.3) is 0 Å². The fourth-order valence-corrected chi connectivity index (χ4v) is 3.06. The van der Waals surface area contributed by atoms with Gasteiger partial charge in [0.25, 0.3) is 0 Å². The van der Waals surface area contributed by atoms with Crippen molar-refractivity contribution in [3.8, 4) is 0 Å². The van der Waals surface area contributed by atoms with Gasteiger partial charge in [0, 0.05) is 51.7 Å². The zero-order valence-corrected chi connectivity index (χ0v) is 15.0. The number of carbonyl (C=O) groups is 1. The average Bonchev–Trinajstić information content (AvgIpc) is 3.10. The molecule has 0 atom stereocenters. The van der Waals surface area contributed by atoms with Crippen molar-refractivity contribution in [1.82, 2.24) is 29.7 Å². The third-order valence-electron chi connectivity index (χ3n) is 4.71. The lowest BCUT2D eigenvalue weighted by molar-refractivity contribution is 0.134. The molecule has 0 aromatic carbocycles.